The lowest BCUT2D eigenvalue weighted by Crippen LogP contribution is -1.95. The molecule has 0 saturated heterocycles. The summed E-state index contributed by atoms with van der Waals surface area (Å²) in [5, 5.41) is 12.6. The Morgan fingerprint density at radius 3 is 2.67 bits per heavy atom. The van der Waals surface area contributed by atoms with Crippen molar-refractivity contribution < 1.29 is 4.39 Å². The number of nitrogens with one attached hydrogen (secondary N) is 1. The van der Waals surface area contributed by atoms with Crippen molar-refractivity contribution in [1.29, 1.82) is 5.26 Å². The van der Waals surface area contributed by atoms with E-state index in [2.05, 4.69) is 11.4 Å². The first kappa shape index (κ1) is 12.4. The highest BCUT2D eigenvalue weighted by molar-refractivity contribution is 6.30. The second-order valence-electron chi connectivity index (χ2n) is 3.89. The largest absolute Gasteiger partial charge is 0.354 e. The lowest BCUT2D eigenvalue weighted by Gasteiger charge is -2.09. The summed E-state index contributed by atoms with van der Waals surface area (Å²) >= 11 is 5.89. The maximum absolute atomic E-state index is 13.1. The summed E-state index contributed by atoms with van der Waals surface area (Å²) in [6, 6.07) is 11.7. The Kier molecular flexibility index (Phi) is 3.50. The van der Waals surface area contributed by atoms with Crippen LogP contribution in [-0.2, 0) is 0 Å². The molecule has 4 heteroatoms. The number of nitriles is 1. The normalized spacial score (nSPS) is 9.89. The molecule has 0 amide bonds. The Morgan fingerprint density at radius 1 is 1.22 bits per heavy atom. The monoisotopic (exact) mass is 260 g/mol. The number of benzene rings is 2. The molecule has 0 heterocycles. The van der Waals surface area contributed by atoms with Crippen molar-refractivity contribution in [3.8, 4) is 6.07 Å². The van der Waals surface area contributed by atoms with Gasteiger partial charge in [-0.1, -0.05) is 11.6 Å². The Hall–Kier alpha value is -2.05. The van der Waals surface area contributed by atoms with Gasteiger partial charge in [0.2, 0.25) is 0 Å². The smallest absolute Gasteiger partial charge is 0.126 e. The third-order valence-electron chi connectivity index (χ3n) is 2.54. The molecule has 0 atom stereocenters. The van der Waals surface area contributed by atoms with Gasteiger partial charge in [0, 0.05) is 10.7 Å². The molecule has 2 aromatic carbocycles. The SMILES string of the molecule is Cc1cc(Nc2cc(Cl)ccc2C#N)ccc1F. The third kappa shape index (κ3) is 2.61. The van der Waals surface area contributed by atoms with E-state index in [4.69, 9.17) is 16.9 Å². The number of rotatable bonds is 2. The molecule has 1 N–H and O–H groups in total. The predicted octanol–water partition coefficient (Wildman–Crippen LogP) is 4.40. The van der Waals surface area contributed by atoms with Crippen molar-refractivity contribution in [2.24, 2.45) is 0 Å². The van der Waals surface area contributed by atoms with Crippen LogP contribution in [0.15, 0.2) is 36.4 Å². The molecule has 0 aliphatic heterocycles. The number of nitrogens with zero attached hydrogens (tertiary/aromatic N) is 1. The molecule has 0 radical (unpaired) electrons. The number of hydrogen-bond acceptors (Lipinski definition) is 2. The fraction of sp³-hybridized carbons (Fsp3) is 0.0714. The highest BCUT2D eigenvalue weighted by Gasteiger charge is 2.05. The zero-order valence-corrected chi connectivity index (χ0v) is 10.4. The van der Waals surface area contributed by atoms with Gasteiger partial charge in [-0.3, -0.25) is 0 Å². The van der Waals surface area contributed by atoms with E-state index < -0.39 is 0 Å². The van der Waals surface area contributed by atoms with Crippen LogP contribution < -0.4 is 5.32 Å². The fourth-order valence-electron chi connectivity index (χ4n) is 1.60. The van der Waals surface area contributed by atoms with Gasteiger partial charge in [-0.2, -0.15) is 5.26 Å². The summed E-state index contributed by atoms with van der Waals surface area (Å²) in [6.45, 7) is 1.68. The van der Waals surface area contributed by atoms with Crippen LogP contribution in [0.1, 0.15) is 11.1 Å². The first-order chi connectivity index (χ1) is 8.60. The fourth-order valence-corrected chi connectivity index (χ4v) is 1.77. The molecule has 0 saturated carbocycles. The van der Waals surface area contributed by atoms with Crippen molar-refractivity contribution in [3.05, 3.63) is 58.4 Å². The Labute approximate surface area is 110 Å². The lowest BCUT2D eigenvalue weighted by atomic mass is 10.1. The average Bonchev–Trinajstić information content (AvgIpc) is 2.34. The zero-order valence-electron chi connectivity index (χ0n) is 9.67. The van der Waals surface area contributed by atoms with Crippen molar-refractivity contribution in [3.63, 3.8) is 0 Å². The van der Waals surface area contributed by atoms with Crippen LogP contribution in [0.25, 0.3) is 0 Å². The van der Waals surface area contributed by atoms with E-state index in [9.17, 15) is 4.39 Å². The molecular weight excluding hydrogens is 251 g/mol. The standard InChI is InChI=1S/C14H10ClFN2/c1-9-6-12(4-5-13(9)16)18-14-7-11(15)3-2-10(14)8-17/h2-7,18H,1H3. The minimum atomic E-state index is -0.257. The van der Waals surface area contributed by atoms with Crippen molar-refractivity contribution in [2.45, 2.75) is 6.92 Å². The van der Waals surface area contributed by atoms with Gasteiger partial charge in [-0.05, 0) is 48.9 Å². The average molecular weight is 261 g/mol. The molecule has 2 nitrogen and oxygen atoms in total. The quantitative estimate of drug-likeness (QED) is 0.869. The molecule has 0 fully saturated rings. The van der Waals surface area contributed by atoms with Gasteiger partial charge in [0.25, 0.3) is 0 Å². The molecule has 18 heavy (non-hydrogen) atoms. The maximum atomic E-state index is 13.1. The Bertz CT molecular complexity index is 632. The van der Waals surface area contributed by atoms with Crippen LogP contribution >= 0.6 is 11.6 Å². The molecule has 90 valence electrons. The van der Waals surface area contributed by atoms with E-state index in [1.807, 2.05) is 0 Å². The van der Waals surface area contributed by atoms with Gasteiger partial charge in [0.15, 0.2) is 0 Å². The number of hydrogen-bond donors (Lipinski definition) is 1. The summed E-state index contributed by atoms with van der Waals surface area (Å²) in [4.78, 5) is 0. The van der Waals surface area contributed by atoms with Crippen molar-refractivity contribution >= 4 is 23.0 Å². The van der Waals surface area contributed by atoms with Crippen LogP contribution in [-0.4, -0.2) is 0 Å². The van der Waals surface area contributed by atoms with E-state index in [0.717, 1.165) is 0 Å². The molecular formula is C14H10ClFN2. The maximum Gasteiger partial charge on any atom is 0.126 e. The molecule has 0 spiro atoms. The zero-order chi connectivity index (χ0) is 13.1. The van der Waals surface area contributed by atoms with Gasteiger partial charge in [-0.25, -0.2) is 4.39 Å². The van der Waals surface area contributed by atoms with Crippen LogP contribution in [0.3, 0.4) is 0 Å². The van der Waals surface area contributed by atoms with Crippen LogP contribution in [0.5, 0.6) is 0 Å². The Balaban J connectivity index is 2.36. The van der Waals surface area contributed by atoms with E-state index in [0.29, 0.717) is 27.5 Å². The molecule has 2 aromatic rings. The molecule has 0 unspecified atom stereocenters. The highest BCUT2D eigenvalue weighted by atomic mass is 35.5. The number of aryl methyl sites for hydroxylation is 1. The van der Waals surface area contributed by atoms with Gasteiger partial charge >= 0.3 is 0 Å². The minimum absolute atomic E-state index is 0.257. The van der Waals surface area contributed by atoms with Crippen LogP contribution in [0.2, 0.25) is 5.02 Å². The molecule has 0 bridgehead atoms. The van der Waals surface area contributed by atoms with E-state index >= 15 is 0 Å². The Morgan fingerprint density at radius 2 is 2.00 bits per heavy atom. The summed E-state index contributed by atoms with van der Waals surface area (Å²) in [5.74, 6) is -0.257. The first-order valence-corrected chi connectivity index (χ1v) is 5.71. The van der Waals surface area contributed by atoms with Crippen molar-refractivity contribution in [2.75, 3.05) is 5.32 Å². The van der Waals surface area contributed by atoms with Crippen molar-refractivity contribution in [1.82, 2.24) is 0 Å². The summed E-state index contributed by atoms with van der Waals surface area (Å²) in [6.07, 6.45) is 0. The van der Waals surface area contributed by atoms with E-state index in [-0.39, 0.29) is 5.82 Å². The molecule has 0 aromatic heterocycles. The van der Waals surface area contributed by atoms with Crippen LogP contribution in [0, 0.1) is 24.1 Å². The highest BCUT2D eigenvalue weighted by Crippen LogP contribution is 2.25. The third-order valence-corrected chi connectivity index (χ3v) is 2.77. The lowest BCUT2D eigenvalue weighted by molar-refractivity contribution is 0.619. The summed E-state index contributed by atoms with van der Waals surface area (Å²) < 4.78 is 13.1. The van der Waals surface area contributed by atoms with Gasteiger partial charge < -0.3 is 5.32 Å². The number of halogens is 2. The molecule has 2 rings (SSSR count). The van der Waals surface area contributed by atoms with Crippen LogP contribution in [0.4, 0.5) is 15.8 Å². The van der Waals surface area contributed by atoms with E-state index in [1.165, 1.54) is 6.07 Å². The molecule has 0 aliphatic carbocycles. The van der Waals surface area contributed by atoms with E-state index in [1.54, 1.807) is 37.3 Å². The second-order valence-corrected chi connectivity index (χ2v) is 4.33. The van der Waals surface area contributed by atoms with Gasteiger partial charge in [-0.15, -0.1) is 0 Å². The molecule has 0 aliphatic rings. The summed E-state index contributed by atoms with van der Waals surface area (Å²) in [7, 11) is 0. The number of anilines is 2. The minimum Gasteiger partial charge on any atom is -0.354 e. The second kappa shape index (κ2) is 5.07. The topological polar surface area (TPSA) is 35.8 Å². The first-order valence-electron chi connectivity index (χ1n) is 5.33. The van der Waals surface area contributed by atoms with Gasteiger partial charge in [0.05, 0.1) is 11.3 Å². The predicted molar refractivity (Wildman–Crippen MR) is 70.6 cm³/mol. The van der Waals surface area contributed by atoms with Gasteiger partial charge in [0.1, 0.15) is 11.9 Å². The summed E-state index contributed by atoms with van der Waals surface area (Å²) in [5.41, 5.74) is 2.35.